The molecule has 0 unspecified atom stereocenters. The van der Waals surface area contributed by atoms with Crippen molar-refractivity contribution in [1.82, 2.24) is 14.7 Å². The van der Waals surface area contributed by atoms with E-state index in [4.69, 9.17) is 5.73 Å². The van der Waals surface area contributed by atoms with E-state index in [2.05, 4.69) is 15.3 Å². The van der Waals surface area contributed by atoms with Gasteiger partial charge >= 0.3 is 5.69 Å². The van der Waals surface area contributed by atoms with E-state index in [9.17, 15) is 14.8 Å². The summed E-state index contributed by atoms with van der Waals surface area (Å²) in [6, 6.07) is 18.2. The third-order valence-electron chi connectivity index (χ3n) is 4.58. The highest BCUT2D eigenvalue weighted by Crippen LogP contribution is 2.25. The highest BCUT2D eigenvalue weighted by molar-refractivity contribution is 5.93. The van der Waals surface area contributed by atoms with Gasteiger partial charge in [-0.05, 0) is 41.0 Å². The number of pyridine rings is 1. The number of nitrogens with two attached hydrogens (primary N) is 1. The number of carbonyl (C=O) groups excluding carboxylic acids is 1. The minimum Gasteiger partial charge on any atom is -0.422 e. The predicted molar refractivity (Wildman–Crippen MR) is 109 cm³/mol. The second-order valence-corrected chi connectivity index (χ2v) is 6.38. The molecule has 4 N–H and O–H groups in total. The van der Waals surface area contributed by atoms with Crippen LogP contribution in [-0.2, 0) is 6.54 Å². The average molecular weight is 387 g/mol. The first-order valence-corrected chi connectivity index (χ1v) is 8.83. The van der Waals surface area contributed by atoms with Crippen LogP contribution < -0.4 is 16.7 Å². The van der Waals surface area contributed by atoms with Gasteiger partial charge in [0.25, 0.3) is 0 Å². The SMILES string of the molecule is NC(=O)c1ccc(-c2ccccc2CNc2nc(=O)n(O)c3ncccc23)cc1. The first-order valence-electron chi connectivity index (χ1n) is 8.83. The summed E-state index contributed by atoms with van der Waals surface area (Å²) in [6.45, 7) is 0.389. The first-order chi connectivity index (χ1) is 14.0. The van der Waals surface area contributed by atoms with Crippen molar-refractivity contribution in [3.8, 4) is 11.1 Å². The fourth-order valence-electron chi connectivity index (χ4n) is 3.13. The largest absolute Gasteiger partial charge is 0.422 e. The van der Waals surface area contributed by atoms with Crippen molar-refractivity contribution in [3.05, 3.63) is 88.5 Å². The molecular weight excluding hydrogens is 370 g/mol. The van der Waals surface area contributed by atoms with E-state index in [1.165, 1.54) is 6.20 Å². The number of amides is 1. The molecule has 0 spiro atoms. The maximum absolute atomic E-state index is 11.9. The van der Waals surface area contributed by atoms with Gasteiger partial charge in [-0.15, -0.1) is 4.73 Å². The van der Waals surface area contributed by atoms with Crippen LogP contribution in [0.2, 0.25) is 0 Å². The minimum atomic E-state index is -0.811. The normalized spacial score (nSPS) is 10.8. The second-order valence-electron chi connectivity index (χ2n) is 6.38. The number of nitrogens with zero attached hydrogens (tertiary/aromatic N) is 3. The molecule has 0 saturated heterocycles. The minimum absolute atomic E-state index is 0.130. The number of rotatable bonds is 5. The monoisotopic (exact) mass is 387 g/mol. The summed E-state index contributed by atoms with van der Waals surface area (Å²) >= 11 is 0. The summed E-state index contributed by atoms with van der Waals surface area (Å²) in [5.74, 6) is -0.140. The molecule has 4 aromatic rings. The van der Waals surface area contributed by atoms with Crippen molar-refractivity contribution < 1.29 is 10.0 Å². The molecule has 0 fully saturated rings. The number of benzene rings is 2. The van der Waals surface area contributed by atoms with E-state index in [0.29, 0.717) is 28.0 Å². The van der Waals surface area contributed by atoms with Crippen LogP contribution in [0, 0.1) is 0 Å². The lowest BCUT2D eigenvalue weighted by Gasteiger charge is -2.13. The second kappa shape index (κ2) is 7.43. The van der Waals surface area contributed by atoms with Crippen molar-refractivity contribution in [2.45, 2.75) is 6.54 Å². The van der Waals surface area contributed by atoms with Crippen LogP contribution >= 0.6 is 0 Å². The third kappa shape index (κ3) is 3.51. The van der Waals surface area contributed by atoms with Gasteiger partial charge in [-0.25, -0.2) is 9.78 Å². The lowest BCUT2D eigenvalue weighted by atomic mass is 9.98. The summed E-state index contributed by atoms with van der Waals surface area (Å²) in [6.07, 6.45) is 1.49. The Morgan fingerprint density at radius 2 is 1.83 bits per heavy atom. The Balaban J connectivity index is 1.67. The Labute approximate surface area is 165 Å². The van der Waals surface area contributed by atoms with Gasteiger partial charge < -0.3 is 16.3 Å². The fraction of sp³-hybridized carbons (Fsp3) is 0.0476. The molecule has 0 saturated carbocycles. The molecule has 8 heteroatoms. The predicted octanol–water partition coefficient (Wildman–Crippen LogP) is 2.41. The topological polar surface area (TPSA) is 123 Å². The van der Waals surface area contributed by atoms with Crippen LogP contribution in [-0.4, -0.2) is 25.8 Å². The maximum atomic E-state index is 11.9. The molecule has 0 aliphatic rings. The lowest BCUT2D eigenvalue weighted by molar-refractivity contribution is 0.100. The Morgan fingerprint density at radius 3 is 2.59 bits per heavy atom. The number of aromatic nitrogens is 3. The van der Waals surface area contributed by atoms with Crippen molar-refractivity contribution >= 4 is 22.8 Å². The number of anilines is 1. The van der Waals surface area contributed by atoms with E-state index < -0.39 is 11.6 Å². The maximum Gasteiger partial charge on any atom is 0.384 e. The molecule has 8 nitrogen and oxygen atoms in total. The highest BCUT2D eigenvalue weighted by Gasteiger charge is 2.12. The molecule has 144 valence electrons. The van der Waals surface area contributed by atoms with E-state index >= 15 is 0 Å². The standard InChI is InChI=1S/C21H17N5O3/c22-18(27)14-9-7-13(8-10-14)16-5-2-1-4-15(16)12-24-19-17-6-3-11-23-20(17)26(29)21(28)25-19/h1-11,29H,12H2,(H2,22,27)(H,24,25,28). The molecule has 0 aliphatic heterocycles. The zero-order valence-corrected chi connectivity index (χ0v) is 15.2. The van der Waals surface area contributed by atoms with E-state index in [-0.39, 0.29) is 5.65 Å². The number of hydrogen-bond donors (Lipinski definition) is 3. The van der Waals surface area contributed by atoms with Gasteiger partial charge in [0.2, 0.25) is 5.91 Å². The van der Waals surface area contributed by atoms with Gasteiger partial charge in [-0.3, -0.25) is 4.79 Å². The van der Waals surface area contributed by atoms with E-state index in [0.717, 1.165) is 16.7 Å². The zero-order valence-electron chi connectivity index (χ0n) is 15.2. The number of carbonyl (C=O) groups is 1. The van der Waals surface area contributed by atoms with Crippen LogP contribution in [0.15, 0.2) is 71.7 Å². The molecule has 4 rings (SSSR count). The van der Waals surface area contributed by atoms with Crippen LogP contribution in [0.5, 0.6) is 0 Å². The number of nitrogens with one attached hydrogen (secondary N) is 1. The summed E-state index contributed by atoms with van der Waals surface area (Å²) in [7, 11) is 0. The fourth-order valence-corrected chi connectivity index (χ4v) is 3.13. The lowest BCUT2D eigenvalue weighted by Crippen LogP contribution is -2.23. The van der Waals surface area contributed by atoms with E-state index in [1.54, 1.807) is 24.3 Å². The average Bonchev–Trinajstić information content (AvgIpc) is 2.75. The van der Waals surface area contributed by atoms with Gasteiger partial charge in [0.05, 0.1) is 5.39 Å². The summed E-state index contributed by atoms with van der Waals surface area (Å²) in [5.41, 5.74) is 7.93. The number of primary amides is 1. The molecule has 1 amide bonds. The van der Waals surface area contributed by atoms with Crippen LogP contribution in [0.1, 0.15) is 15.9 Å². The molecule has 0 radical (unpaired) electrons. The van der Waals surface area contributed by atoms with Gasteiger partial charge in [0, 0.05) is 18.3 Å². The summed E-state index contributed by atoms with van der Waals surface area (Å²) in [5, 5.41) is 13.5. The van der Waals surface area contributed by atoms with Gasteiger partial charge in [0.15, 0.2) is 5.65 Å². The smallest absolute Gasteiger partial charge is 0.384 e. The van der Waals surface area contributed by atoms with Crippen LogP contribution in [0.4, 0.5) is 5.82 Å². The number of fused-ring (bicyclic) bond motifs is 1. The molecule has 2 aromatic carbocycles. The summed E-state index contributed by atoms with van der Waals surface area (Å²) in [4.78, 5) is 31.2. The van der Waals surface area contributed by atoms with Gasteiger partial charge in [-0.2, -0.15) is 4.98 Å². The molecule has 0 bridgehead atoms. The van der Waals surface area contributed by atoms with Gasteiger partial charge in [-0.1, -0.05) is 36.4 Å². The van der Waals surface area contributed by atoms with Crippen molar-refractivity contribution in [1.29, 1.82) is 0 Å². The van der Waals surface area contributed by atoms with Crippen molar-refractivity contribution in [3.63, 3.8) is 0 Å². The Kier molecular flexibility index (Phi) is 4.66. The number of hydrogen-bond acceptors (Lipinski definition) is 6. The molecule has 0 aliphatic carbocycles. The Morgan fingerprint density at radius 1 is 1.07 bits per heavy atom. The van der Waals surface area contributed by atoms with Crippen molar-refractivity contribution in [2.75, 3.05) is 5.32 Å². The Bertz CT molecular complexity index is 1270. The van der Waals surface area contributed by atoms with Crippen molar-refractivity contribution in [2.24, 2.45) is 5.73 Å². The summed E-state index contributed by atoms with van der Waals surface area (Å²) < 4.78 is 0.425. The quantitative estimate of drug-likeness (QED) is 0.452. The zero-order chi connectivity index (χ0) is 20.4. The van der Waals surface area contributed by atoms with Crippen LogP contribution in [0.25, 0.3) is 22.2 Å². The molecule has 29 heavy (non-hydrogen) atoms. The highest BCUT2D eigenvalue weighted by atomic mass is 16.5. The Hall–Kier alpha value is -4.20. The van der Waals surface area contributed by atoms with E-state index in [1.807, 2.05) is 36.4 Å². The molecule has 2 heterocycles. The van der Waals surface area contributed by atoms with Crippen LogP contribution in [0.3, 0.4) is 0 Å². The molecular formula is C21H17N5O3. The molecule has 2 aromatic heterocycles. The molecule has 0 atom stereocenters. The van der Waals surface area contributed by atoms with Gasteiger partial charge in [0.1, 0.15) is 5.82 Å². The first kappa shape index (κ1) is 18.2. The third-order valence-corrected chi connectivity index (χ3v) is 4.58.